The topological polar surface area (TPSA) is 51.8 Å². The zero-order valence-corrected chi connectivity index (χ0v) is 18.2. The Hall–Kier alpha value is -3.64. The Morgan fingerprint density at radius 1 is 1.09 bits per heavy atom. The minimum atomic E-state index is -0.0529. The molecule has 0 spiro atoms. The SMILES string of the molecule is C=CCn1c2ccccc2n2nc(C)c(C(=O)/C=C/c3ccc(N4CCOCC4)cc3)c12. The van der Waals surface area contributed by atoms with Gasteiger partial charge < -0.3 is 14.2 Å². The second-order valence-corrected chi connectivity index (χ2v) is 7.97. The molecule has 0 radical (unpaired) electrons. The third-order valence-corrected chi connectivity index (χ3v) is 5.95. The van der Waals surface area contributed by atoms with E-state index in [4.69, 9.17) is 4.74 Å². The van der Waals surface area contributed by atoms with E-state index in [1.165, 1.54) is 5.69 Å². The van der Waals surface area contributed by atoms with Crippen molar-refractivity contribution in [2.75, 3.05) is 31.2 Å². The Balaban J connectivity index is 1.46. The van der Waals surface area contributed by atoms with Gasteiger partial charge in [0.1, 0.15) is 5.65 Å². The van der Waals surface area contributed by atoms with Gasteiger partial charge >= 0.3 is 0 Å². The molecule has 6 nitrogen and oxygen atoms in total. The third-order valence-electron chi connectivity index (χ3n) is 5.95. The molecule has 6 heteroatoms. The number of rotatable bonds is 6. The first kappa shape index (κ1) is 20.3. The number of fused-ring (bicyclic) bond motifs is 3. The number of hydrogen-bond donors (Lipinski definition) is 0. The fourth-order valence-electron chi connectivity index (χ4n) is 4.39. The quantitative estimate of drug-likeness (QED) is 0.259. The number of ether oxygens (including phenoxy) is 1. The lowest BCUT2D eigenvalue weighted by atomic mass is 10.1. The van der Waals surface area contributed by atoms with Gasteiger partial charge in [-0.1, -0.05) is 36.4 Å². The maximum absolute atomic E-state index is 13.3. The van der Waals surface area contributed by atoms with Gasteiger partial charge in [-0.15, -0.1) is 6.58 Å². The van der Waals surface area contributed by atoms with Gasteiger partial charge in [0.15, 0.2) is 5.78 Å². The van der Waals surface area contributed by atoms with Crippen LogP contribution in [-0.2, 0) is 11.3 Å². The zero-order chi connectivity index (χ0) is 22.1. The van der Waals surface area contributed by atoms with Gasteiger partial charge in [0, 0.05) is 25.3 Å². The van der Waals surface area contributed by atoms with Gasteiger partial charge in [-0.25, -0.2) is 4.52 Å². The highest BCUT2D eigenvalue weighted by atomic mass is 16.5. The number of para-hydroxylation sites is 2. The number of carbonyl (C=O) groups excluding carboxylic acids is 1. The normalized spacial score (nSPS) is 14.6. The van der Waals surface area contributed by atoms with Crippen molar-refractivity contribution in [2.45, 2.75) is 13.5 Å². The summed E-state index contributed by atoms with van der Waals surface area (Å²) in [6.07, 6.45) is 5.35. The summed E-state index contributed by atoms with van der Waals surface area (Å²) in [4.78, 5) is 15.6. The smallest absolute Gasteiger partial charge is 0.191 e. The Morgan fingerprint density at radius 3 is 2.53 bits per heavy atom. The summed E-state index contributed by atoms with van der Waals surface area (Å²) in [5.41, 5.74) is 6.34. The van der Waals surface area contributed by atoms with Gasteiger partial charge in [-0.3, -0.25) is 4.79 Å². The van der Waals surface area contributed by atoms with Crippen LogP contribution in [-0.4, -0.2) is 46.3 Å². The van der Waals surface area contributed by atoms with E-state index in [2.05, 4.69) is 33.3 Å². The summed E-state index contributed by atoms with van der Waals surface area (Å²) in [5, 5.41) is 4.67. The maximum atomic E-state index is 13.3. The minimum absolute atomic E-state index is 0.0529. The number of nitrogens with zero attached hydrogens (tertiary/aromatic N) is 4. The van der Waals surface area contributed by atoms with Crippen LogP contribution in [0, 0.1) is 6.92 Å². The van der Waals surface area contributed by atoms with Crippen molar-refractivity contribution in [3.05, 3.63) is 84.1 Å². The first-order valence-corrected chi connectivity index (χ1v) is 10.9. The first-order chi connectivity index (χ1) is 15.7. The largest absolute Gasteiger partial charge is 0.378 e. The van der Waals surface area contributed by atoms with E-state index in [1.54, 1.807) is 6.08 Å². The highest BCUT2D eigenvalue weighted by Crippen LogP contribution is 2.26. The number of aromatic nitrogens is 3. The summed E-state index contributed by atoms with van der Waals surface area (Å²) in [6.45, 7) is 9.72. The molecule has 162 valence electrons. The van der Waals surface area contributed by atoms with Crippen molar-refractivity contribution in [1.82, 2.24) is 14.2 Å². The average molecular weight is 427 g/mol. The Labute approximate surface area is 187 Å². The fraction of sp³-hybridized carbons (Fsp3) is 0.231. The third kappa shape index (κ3) is 3.52. The summed E-state index contributed by atoms with van der Waals surface area (Å²) < 4.78 is 9.39. The average Bonchev–Trinajstić information content (AvgIpc) is 3.32. The molecule has 2 aromatic carbocycles. The highest BCUT2D eigenvalue weighted by Gasteiger charge is 2.21. The predicted octanol–water partition coefficient (Wildman–Crippen LogP) is 4.52. The van der Waals surface area contributed by atoms with Crippen molar-refractivity contribution in [2.24, 2.45) is 0 Å². The van der Waals surface area contributed by atoms with Gasteiger partial charge in [-0.05, 0) is 42.8 Å². The minimum Gasteiger partial charge on any atom is -0.378 e. The van der Waals surface area contributed by atoms with Crippen LogP contribution in [0.1, 0.15) is 21.6 Å². The molecule has 0 bridgehead atoms. The van der Waals surface area contributed by atoms with E-state index in [0.717, 1.165) is 54.2 Å². The lowest BCUT2D eigenvalue weighted by Crippen LogP contribution is -2.36. The van der Waals surface area contributed by atoms with Crippen LogP contribution in [0.4, 0.5) is 5.69 Å². The predicted molar refractivity (Wildman–Crippen MR) is 128 cm³/mol. The molecule has 0 atom stereocenters. The van der Waals surface area contributed by atoms with Gasteiger partial charge in [0.2, 0.25) is 0 Å². The number of aryl methyl sites for hydroxylation is 1. The van der Waals surface area contributed by atoms with Crippen LogP contribution in [0.25, 0.3) is 22.8 Å². The number of imidazole rings is 1. The molecule has 0 unspecified atom stereocenters. The van der Waals surface area contributed by atoms with Crippen LogP contribution in [0.15, 0.2) is 67.3 Å². The Bertz CT molecular complexity index is 1320. The molecule has 1 aliphatic rings. The maximum Gasteiger partial charge on any atom is 0.191 e. The molecule has 0 amide bonds. The van der Waals surface area contributed by atoms with Crippen LogP contribution in [0.2, 0.25) is 0 Å². The monoisotopic (exact) mass is 426 g/mol. The molecule has 0 N–H and O–H groups in total. The summed E-state index contributed by atoms with van der Waals surface area (Å²) in [7, 11) is 0. The van der Waals surface area contributed by atoms with E-state index in [0.29, 0.717) is 12.1 Å². The second kappa shape index (κ2) is 8.48. The molecule has 5 rings (SSSR count). The van der Waals surface area contributed by atoms with Crippen LogP contribution in [0.5, 0.6) is 0 Å². The fourth-order valence-corrected chi connectivity index (χ4v) is 4.39. The standard InChI is InChI=1S/C26H26N4O2/c1-3-14-29-22-6-4-5-7-23(22)30-26(29)25(19(2)27-30)24(31)13-10-20-8-11-21(12-9-20)28-15-17-32-18-16-28/h3-13H,1,14-18H2,2H3/b13-10+. The number of morpholine rings is 1. The second-order valence-electron chi connectivity index (χ2n) is 7.97. The molecule has 3 heterocycles. The van der Waals surface area contributed by atoms with E-state index >= 15 is 0 Å². The number of carbonyl (C=O) groups is 1. The molecule has 0 aliphatic carbocycles. The molecule has 2 aromatic heterocycles. The zero-order valence-electron chi connectivity index (χ0n) is 18.2. The molecule has 32 heavy (non-hydrogen) atoms. The van der Waals surface area contributed by atoms with Crippen LogP contribution in [0.3, 0.4) is 0 Å². The highest BCUT2D eigenvalue weighted by molar-refractivity contribution is 6.12. The number of benzene rings is 2. The lowest BCUT2D eigenvalue weighted by Gasteiger charge is -2.28. The van der Waals surface area contributed by atoms with Crippen molar-refractivity contribution in [1.29, 1.82) is 0 Å². The number of allylic oxidation sites excluding steroid dienone is 2. The van der Waals surface area contributed by atoms with Crippen molar-refractivity contribution in [3.63, 3.8) is 0 Å². The van der Waals surface area contributed by atoms with Gasteiger partial charge in [0.25, 0.3) is 0 Å². The summed E-state index contributed by atoms with van der Waals surface area (Å²) >= 11 is 0. The summed E-state index contributed by atoms with van der Waals surface area (Å²) in [6, 6.07) is 16.3. The van der Waals surface area contributed by atoms with E-state index in [1.807, 2.05) is 60.0 Å². The van der Waals surface area contributed by atoms with Gasteiger partial charge in [0.05, 0.1) is 35.5 Å². The number of hydrogen-bond acceptors (Lipinski definition) is 4. The molecule has 0 saturated carbocycles. The molecule has 1 fully saturated rings. The van der Waals surface area contributed by atoms with E-state index in [-0.39, 0.29) is 5.78 Å². The Kier molecular flexibility index (Phi) is 5.37. The van der Waals surface area contributed by atoms with Crippen molar-refractivity contribution >= 4 is 34.2 Å². The van der Waals surface area contributed by atoms with Gasteiger partial charge in [-0.2, -0.15) is 5.10 Å². The summed E-state index contributed by atoms with van der Waals surface area (Å²) in [5.74, 6) is -0.0529. The molecule has 4 aromatic rings. The Morgan fingerprint density at radius 2 is 1.81 bits per heavy atom. The lowest BCUT2D eigenvalue weighted by molar-refractivity contribution is 0.104. The van der Waals surface area contributed by atoms with E-state index < -0.39 is 0 Å². The molecular formula is C26H26N4O2. The van der Waals surface area contributed by atoms with E-state index in [9.17, 15) is 4.79 Å². The molecule has 1 saturated heterocycles. The molecule has 1 aliphatic heterocycles. The first-order valence-electron chi connectivity index (χ1n) is 10.9. The number of anilines is 1. The van der Waals surface area contributed by atoms with Crippen molar-refractivity contribution in [3.8, 4) is 0 Å². The van der Waals surface area contributed by atoms with Crippen molar-refractivity contribution < 1.29 is 9.53 Å². The molecular weight excluding hydrogens is 400 g/mol. The van der Waals surface area contributed by atoms with Crippen LogP contribution >= 0.6 is 0 Å². The van der Waals surface area contributed by atoms with Crippen LogP contribution < -0.4 is 4.90 Å². The number of ketones is 1.